The van der Waals surface area contributed by atoms with E-state index < -0.39 is 0 Å². The Labute approximate surface area is 66.2 Å². The van der Waals surface area contributed by atoms with Gasteiger partial charge in [-0.25, -0.2) is 0 Å². The fourth-order valence-electron chi connectivity index (χ4n) is 3.53. The van der Waals surface area contributed by atoms with Gasteiger partial charge in [-0.1, -0.05) is 0 Å². The quantitative estimate of drug-likeness (QED) is 0.508. The van der Waals surface area contributed by atoms with E-state index >= 15 is 0 Å². The molecule has 1 heteroatoms. The predicted molar refractivity (Wildman–Crippen MR) is 39.8 cm³/mol. The Morgan fingerprint density at radius 1 is 0.818 bits per heavy atom. The smallest absolute Gasteiger partial charge is 0.139 e. The zero-order valence-electron chi connectivity index (χ0n) is 6.49. The van der Waals surface area contributed by atoms with Crippen LogP contribution in [0.25, 0.3) is 0 Å². The van der Waals surface area contributed by atoms with Gasteiger partial charge in [-0.05, 0) is 42.9 Å². The Morgan fingerprint density at radius 2 is 1.36 bits per heavy atom. The van der Waals surface area contributed by atoms with Crippen molar-refractivity contribution in [1.82, 2.24) is 0 Å². The van der Waals surface area contributed by atoms with Gasteiger partial charge in [0.1, 0.15) is 5.78 Å². The average molecular weight is 148 g/mol. The summed E-state index contributed by atoms with van der Waals surface area (Å²) in [6.45, 7) is 0. The highest BCUT2D eigenvalue weighted by Gasteiger charge is 2.68. The van der Waals surface area contributed by atoms with E-state index in [1.165, 1.54) is 19.3 Å². The molecular weight excluding hydrogens is 136 g/mol. The SMILES string of the molecule is O=C1[C@H]2C[C@@H]2[C@H]2C[C@@H]2[C@@H]2C[C@H]12. The molecule has 4 rings (SSSR count). The summed E-state index contributed by atoms with van der Waals surface area (Å²) in [5, 5.41) is 0. The molecule has 0 aromatic heterocycles. The Balaban J connectivity index is 1.77. The van der Waals surface area contributed by atoms with E-state index in [4.69, 9.17) is 0 Å². The number of carbonyl (C=O) groups excluding carboxylic acids is 1. The molecule has 4 aliphatic carbocycles. The first-order valence-electron chi connectivity index (χ1n) is 4.90. The molecule has 0 N–H and O–H groups in total. The summed E-state index contributed by atoms with van der Waals surface area (Å²) in [7, 11) is 0. The average Bonchev–Trinajstić information content (AvgIpc) is 2.81. The van der Waals surface area contributed by atoms with E-state index in [0.29, 0.717) is 17.6 Å². The molecule has 0 saturated heterocycles. The van der Waals surface area contributed by atoms with Gasteiger partial charge in [0.15, 0.2) is 0 Å². The maximum absolute atomic E-state index is 11.6. The van der Waals surface area contributed by atoms with Crippen LogP contribution < -0.4 is 0 Å². The Hall–Kier alpha value is -0.330. The van der Waals surface area contributed by atoms with Crippen molar-refractivity contribution in [3.63, 3.8) is 0 Å². The lowest BCUT2D eigenvalue weighted by atomic mass is 10.1. The van der Waals surface area contributed by atoms with Crippen LogP contribution in [0.5, 0.6) is 0 Å². The van der Waals surface area contributed by atoms with Gasteiger partial charge >= 0.3 is 0 Å². The minimum Gasteiger partial charge on any atom is -0.299 e. The monoisotopic (exact) mass is 148 g/mol. The van der Waals surface area contributed by atoms with Crippen LogP contribution in [0, 0.1) is 35.5 Å². The number of rotatable bonds is 0. The Morgan fingerprint density at radius 3 is 1.91 bits per heavy atom. The number of fused-ring (bicyclic) bond motifs is 5. The Bertz CT molecular complexity index is 234. The minimum absolute atomic E-state index is 0.558. The van der Waals surface area contributed by atoms with Gasteiger partial charge in [0, 0.05) is 11.8 Å². The van der Waals surface area contributed by atoms with Crippen molar-refractivity contribution < 1.29 is 4.79 Å². The molecule has 6 atom stereocenters. The molecular formula is C10H12O. The molecule has 0 aromatic carbocycles. The number of Topliss-reactive ketones (excluding diaryl/α,β-unsaturated/α-hetero) is 1. The van der Waals surface area contributed by atoms with Crippen LogP contribution >= 0.6 is 0 Å². The van der Waals surface area contributed by atoms with Gasteiger partial charge in [0.05, 0.1) is 0 Å². The fraction of sp³-hybridized carbons (Fsp3) is 0.900. The zero-order valence-corrected chi connectivity index (χ0v) is 6.49. The summed E-state index contributed by atoms with van der Waals surface area (Å²) in [5.41, 5.74) is 0. The number of hydrogen-bond acceptors (Lipinski definition) is 1. The molecule has 0 spiro atoms. The lowest BCUT2D eigenvalue weighted by Gasteiger charge is -1.92. The molecule has 1 nitrogen and oxygen atoms in total. The van der Waals surface area contributed by atoms with E-state index in [1.807, 2.05) is 0 Å². The van der Waals surface area contributed by atoms with Crippen LogP contribution in [0.1, 0.15) is 19.3 Å². The third kappa shape index (κ3) is 0.502. The standard InChI is InChI=1S/C10H12O/c11-10-8-2-6(8)4-1-5(4)7-3-9(7)10/h4-9H,1-3H2/t4-,5-,6-,7+,8-,9-/m0/s1. The molecule has 0 aromatic rings. The second kappa shape index (κ2) is 1.30. The number of hydrogen-bond donors (Lipinski definition) is 0. The van der Waals surface area contributed by atoms with E-state index in [-0.39, 0.29) is 0 Å². The van der Waals surface area contributed by atoms with Crippen LogP contribution in [0.15, 0.2) is 0 Å². The fourth-order valence-corrected chi connectivity index (χ4v) is 3.53. The molecule has 0 aliphatic heterocycles. The van der Waals surface area contributed by atoms with Crippen molar-refractivity contribution in [3.05, 3.63) is 0 Å². The van der Waals surface area contributed by atoms with Crippen molar-refractivity contribution in [2.75, 3.05) is 0 Å². The van der Waals surface area contributed by atoms with Crippen LogP contribution in [0.4, 0.5) is 0 Å². The molecule has 11 heavy (non-hydrogen) atoms. The van der Waals surface area contributed by atoms with Gasteiger partial charge in [0.25, 0.3) is 0 Å². The first-order chi connectivity index (χ1) is 5.36. The molecule has 0 radical (unpaired) electrons. The van der Waals surface area contributed by atoms with Gasteiger partial charge in [-0.2, -0.15) is 0 Å². The first-order valence-corrected chi connectivity index (χ1v) is 4.90. The zero-order chi connectivity index (χ0) is 7.16. The summed E-state index contributed by atoms with van der Waals surface area (Å²) in [6.07, 6.45) is 4.02. The molecule has 0 amide bonds. The lowest BCUT2D eigenvalue weighted by Crippen LogP contribution is -2.05. The maximum Gasteiger partial charge on any atom is 0.139 e. The van der Waals surface area contributed by atoms with Crippen molar-refractivity contribution in [1.29, 1.82) is 0 Å². The molecule has 4 saturated carbocycles. The normalized spacial score (nSPS) is 68.9. The van der Waals surface area contributed by atoms with Crippen molar-refractivity contribution >= 4 is 5.78 Å². The summed E-state index contributed by atoms with van der Waals surface area (Å²) >= 11 is 0. The second-order valence-corrected chi connectivity index (χ2v) is 4.98. The highest BCUT2D eigenvalue weighted by Crippen LogP contribution is 2.71. The minimum atomic E-state index is 0.558. The van der Waals surface area contributed by atoms with Gasteiger partial charge in [0.2, 0.25) is 0 Å². The predicted octanol–water partition coefficient (Wildman–Crippen LogP) is 1.48. The van der Waals surface area contributed by atoms with E-state index in [2.05, 4.69) is 0 Å². The van der Waals surface area contributed by atoms with E-state index in [0.717, 1.165) is 23.7 Å². The van der Waals surface area contributed by atoms with Crippen molar-refractivity contribution in [2.45, 2.75) is 19.3 Å². The summed E-state index contributed by atoms with van der Waals surface area (Å²) in [4.78, 5) is 11.6. The number of ketones is 1. The largest absolute Gasteiger partial charge is 0.299 e. The van der Waals surface area contributed by atoms with Crippen LogP contribution in [0.2, 0.25) is 0 Å². The van der Waals surface area contributed by atoms with E-state index in [1.54, 1.807) is 0 Å². The topological polar surface area (TPSA) is 17.1 Å². The Kier molecular flexibility index (Phi) is 0.630. The number of carbonyl (C=O) groups is 1. The van der Waals surface area contributed by atoms with Crippen LogP contribution in [-0.2, 0) is 4.79 Å². The summed E-state index contributed by atoms with van der Waals surface area (Å²) < 4.78 is 0. The van der Waals surface area contributed by atoms with Gasteiger partial charge < -0.3 is 0 Å². The summed E-state index contributed by atoms with van der Waals surface area (Å²) in [6, 6.07) is 0. The highest BCUT2D eigenvalue weighted by molar-refractivity contribution is 5.89. The lowest BCUT2D eigenvalue weighted by molar-refractivity contribution is -0.121. The molecule has 0 bridgehead atoms. The maximum atomic E-state index is 11.6. The second-order valence-electron chi connectivity index (χ2n) is 4.98. The summed E-state index contributed by atoms with van der Waals surface area (Å²) in [5.74, 6) is 5.56. The molecule has 0 heterocycles. The van der Waals surface area contributed by atoms with Gasteiger partial charge in [-0.15, -0.1) is 0 Å². The van der Waals surface area contributed by atoms with Crippen molar-refractivity contribution in [2.24, 2.45) is 35.5 Å². The highest BCUT2D eigenvalue weighted by atomic mass is 16.1. The third-order valence-corrected chi connectivity index (χ3v) is 4.40. The van der Waals surface area contributed by atoms with E-state index in [9.17, 15) is 4.79 Å². The molecule has 0 unspecified atom stereocenters. The van der Waals surface area contributed by atoms with Gasteiger partial charge in [-0.3, -0.25) is 4.79 Å². The molecule has 58 valence electrons. The van der Waals surface area contributed by atoms with Crippen LogP contribution in [0.3, 0.4) is 0 Å². The molecule has 4 fully saturated rings. The van der Waals surface area contributed by atoms with Crippen molar-refractivity contribution in [3.8, 4) is 0 Å². The first kappa shape index (κ1) is 5.34. The third-order valence-electron chi connectivity index (χ3n) is 4.40. The van der Waals surface area contributed by atoms with Crippen LogP contribution in [-0.4, -0.2) is 5.78 Å². The molecule has 4 aliphatic rings.